The van der Waals surface area contributed by atoms with Crippen LogP contribution in [0.25, 0.3) is 0 Å². The maximum absolute atomic E-state index is 12.0. The van der Waals surface area contributed by atoms with Gasteiger partial charge < -0.3 is 29.0 Å². The number of methoxy groups -OCH3 is 2. The number of allylic oxidation sites excluding steroid dienone is 2. The van der Waals surface area contributed by atoms with E-state index in [0.717, 1.165) is 5.56 Å². The molecule has 2 aromatic rings. The van der Waals surface area contributed by atoms with E-state index >= 15 is 0 Å². The first-order chi connectivity index (χ1) is 15.4. The first-order valence-corrected chi connectivity index (χ1v) is 9.90. The van der Waals surface area contributed by atoms with Crippen LogP contribution in [0.15, 0.2) is 77.5 Å². The van der Waals surface area contributed by atoms with Gasteiger partial charge >= 0.3 is 12.3 Å². The smallest absolute Gasteiger partial charge is 0.489 e. The van der Waals surface area contributed by atoms with E-state index in [1.807, 2.05) is 48.5 Å². The fourth-order valence-electron chi connectivity index (χ4n) is 3.36. The maximum atomic E-state index is 12.0. The summed E-state index contributed by atoms with van der Waals surface area (Å²) in [6.07, 6.45) is -1.79. The zero-order chi connectivity index (χ0) is 23.1. The Balaban J connectivity index is 2.05. The van der Waals surface area contributed by atoms with Gasteiger partial charge in [0.25, 0.3) is 0 Å². The molecule has 32 heavy (non-hydrogen) atoms. The average molecular weight is 439 g/mol. The van der Waals surface area contributed by atoms with Gasteiger partial charge in [0, 0.05) is 5.56 Å². The number of nitrogens with one attached hydrogen (secondary N) is 1. The van der Waals surface area contributed by atoms with Crippen LogP contribution in [0.1, 0.15) is 30.9 Å². The van der Waals surface area contributed by atoms with Gasteiger partial charge in [-0.25, -0.2) is 9.59 Å². The number of hydrogen-bond acceptors (Lipinski definition) is 8. The van der Waals surface area contributed by atoms with Crippen LogP contribution >= 0.6 is 0 Å². The lowest BCUT2D eigenvalue weighted by molar-refractivity contribution is 0.0782. The van der Waals surface area contributed by atoms with E-state index < -0.39 is 18.2 Å². The highest BCUT2D eigenvalue weighted by Crippen LogP contribution is 2.43. The largest absolute Gasteiger partial charge is 0.513 e. The maximum Gasteiger partial charge on any atom is 0.513 e. The van der Waals surface area contributed by atoms with Crippen LogP contribution in [0, 0.1) is 0 Å². The molecule has 1 aliphatic heterocycles. The molecular weight excluding hydrogens is 414 g/mol. The fraction of sp³-hybridized carbons (Fsp3) is 0.250. The summed E-state index contributed by atoms with van der Waals surface area (Å²) >= 11 is 0. The quantitative estimate of drug-likeness (QED) is 0.630. The summed E-state index contributed by atoms with van der Waals surface area (Å²) < 4.78 is 26.4. The standard InChI is InChI=1S/C24H25NO7/c1-15-21(31-23(26)28-3)20(22(16(2)25-15)32-24(27)29-4)18-12-8-9-13-19(18)30-14-17-10-6-5-7-11-17/h5-13,20,25H,14H2,1-4H3. The molecule has 0 amide bonds. The van der Waals surface area contributed by atoms with Gasteiger partial charge in [0.15, 0.2) is 0 Å². The SMILES string of the molecule is COC(=O)OC1=C(C)NC(C)=C(OC(=O)OC)C1c1ccccc1OCc1ccccc1. The summed E-state index contributed by atoms with van der Waals surface area (Å²) in [5.74, 6) is 0.219. The molecule has 0 fully saturated rings. The van der Waals surface area contributed by atoms with Crippen molar-refractivity contribution >= 4 is 12.3 Å². The summed E-state index contributed by atoms with van der Waals surface area (Å²) in [6, 6.07) is 17.0. The zero-order valence-corrected chi connectivity index (χ0v) is 18.3. The Morgan fingerprint density at radius 3 is 1.91 bits per heavy atom. The fourth-order valence-corrected chi connectivity index (χ4v) is 3.36. The van der Waals surface area contributed by atoms with Crippen molar-refractivity contribution in [3.05, 3.63) is 88.6 Å². The minimum atomic E-state index is -0.897. The van der Waals surface area contributed by atoms with Crippen LogP contribution in [0.5, 0.6) is 5.75 Å². The molecule has 8 nitrogen and oxygen atoms in total. The highest BCUT2D eigenvalue weighted by Gasteiger charge is 2.37. The second-order valence-electron chi connectivity index (χ2n) is 6.96. The zero-order valence-electron chi connectivity index (χ0n) is 18.3. The van der Waals surface area contributed by atoms with Gasteiger partial charge in [0.05, 0.1) is 25.6 Å². The first kappa shape index (κ1) is 22.7. The van der Waals surface area contributed by atoms with E-state index in [-0.39, 0.29) is 11.5 Å². The average Bonchev–Trinajstić information content (AvgIpc) is 2.81. The van der Waals surface area contributed by atoms with Crippen molar-refractivity contribution < 1.29 is 33.3 Å². The molecule has 0 radical (unpaired) electrons. The van der Waals surface area contributed by atoms with Crippen molar-refractivity contribution in [1.82, 2.24) is 5.32 Å². The van der Waals surface area contributed by atoms with Crippen molar-refractivity contribution in [3.8, 4) is 5.75 Å². The van der Waals surface area contributed by atoms with Crippen molar-refractivity contribution in [2.24, 2.45) is 0 Å². The third-order valence-corrected chi connectivity index (χ3v) is 4.83. The van der Waals surface area contributed by atoms with Gasteiger partial charge in [0.2, 0.25) is 0 Å². The Hall–Kier alpha value is -3.94. The van der Waals surface area contributed by atoms with E-state index in [1.54, 1.807) is 19.9 Å². The van der Waals surface area contributed by atoms with Crippen LogP contribution in [-0.2, 0) is 25.6 Å². The molecule has 1 N–H and O–H groups in total. The molecule has 0 unspecified atom stereocenters. The number of para-hydroxylation sites is 1. The summed E-state index contributed by atoms with van der Waals surface area (Å²) in [5, 5.41) is 3.07. The number of ether oxygens (including phenoxy) is 5. The van der Waals surface area contributed by atoms with E-state index in [2.05, 4.69) is 14.8 Å². The topological polar surface area (TPSA) is 92.3 Å². The molecular formula is C24H25NO7. The Kier molecular flexibility index (Phi) is 7.38. The van der Waals surface area contributed by atoms with Crippen LogP contribution in [0.3, 0.4) is 0 Å². The lowest BCUT2D eigenvalue weighted by atomic mass is 9.90. The second kappa shape index (κ2) is 10.4. The van der Waals surface area contributed by atoms with E-state index in [4.69, 9.17) is 14.2 Å². The van der Waals surface area contributed by atoms with Crippen molar-refractivity contribution in [3.63, 3.8) is 0 Å². The summed E-state index contributed by atoms with van der Waals surface area (Å²) in [4.78, 5) is 24.0. The van der Waals surface area contributed by atoms with E-state index in [0.29, 0.717) is 29.3 Å². The molecule has 0 atom stereocenters. The number of carbonyl (C=O) groups is 2. The third-order valence-electron chi connectivity index (χ3n) is 4.83. The molecule has 0 aromatic heterocycles. The van der Waals surface area contributed by atoms with E-state index in [9.17, 15) is 9.59 Å². The van der Waals surface area contributed by atoms with Crippen molar-refractivity contribution in [2.45, 2.75) is 26.4 Å². The molecule has 0 bridgehead atoms. The van der Waals surface area contributed by atoms with E-state index in [1.165, 1.54) is 14.2 Å². The van der Waals surface area contributed by atoms with Crippen molar-refractivity contribution in [1.29, 1.82) is 0 Å². The highest BCUT2D eigenvalue weighted by atomic mass is 16.7. The monoisotopic (exact) mass is 439 g/mol. The molecule has 2 aromatic carbocycles. The van der Waals surface area contributed by atoms with Gasteiger partial charge in [-0.2, -0.15) is 0 Å². The van der Waals surface area contributed by atoms with Crippen LogP contribution in [0.4, 0.5) is 9.59 Å². The van der Waals surface area contributed by atoms with Crippen molar-refractivity contribution in [2.75, 3.05) is 14.2 Å². The van der Waals surface area contributed by atoms with Gasteiger partial charge in [-0.1, -0.05) is 48.5 Å². The highest BCUT2D eigenvalue weighted by molar-refractivity contribution is 5.65. The van der Waals surface area contributed by atoms with Gasteiger partial charge in [-0.05, 0) is 25.5 Å². The predicted molar refractivity (Wildman–Crippen MR) is 115 cm³/mol. The van der Waals surface area contributed by atoms with Crippen LogP contribution in [-0.4, -0.2) is 26.5 Å². The Morgan fingerprint density at radius 1 is 0.812 bits per heavy atom. The number of rotatable bonds is 6. The lowest BCUT2D eigenvalue weighted by Crippen LogP contribution is -2.29. The molecule has 8 heteroatoms. The molecule has 0 saturated carbocycles. The summed E-state index contributed by atoms with van der Waals surface area (Å²) in [6.45, 7) is 3.82. The molecule has 0 saturated heterocycles. The molecule has 0 aliphatic carbocycles. The second-order valence-corrected chi connectivity index (χ2v) is 6.96. The number of hydrogen-bond donors (Lipinski definition) is 1. The predicted octanol–water partition coefficient (Wildman–Crippen LogP) is 4.98. The van der Waals surface area contributed by atoms with Gasteiger partial charge in [0.1, 0.15) is 29.8 Å². The van der Waals surface area contributed by atoms with Crippen LogP contribution in [0.2, 0.25) is 0 Å². The Morgan fingerprint density at radius 2 is 1.34 bits per heavy atom. The first-order valence-electron chi connectivity index (χ1n) is 9.90. The molecule has 168 valence electrons. The van der Waals surface area contributed by atoms with Gasteiger partial charge in [-0.15, -0.1) is 0 Å². The number of benzene rings is 2. The Labute approximate surface area is 186 Å². The number of carbonyl (C=O) groups excluding carboxylic acids is 2. The van der Waals surface area contributed by atoms with Gasteiger partial charge in [-0.3, -0.25) is 0 Å². The molecule has 1 aliphatic rings. The third kappa shape index (κ3) is 5.21. The summed E-state index contributed by atoms with van der Waals surface area (Å²) in [5.41, 5.74) is 2.76. The summed E-state index contributed by atoms with van der Waals surface area (Å²) in [7, 11) is 2.43. The minimum Gasteiger partial charge on any atom is -0.489 e. The molecule has 0 spiro atoms. The molecule has 1 heterocycles. The number of dihydropyridines is 1. The normalized spacial score (nSPS) is 13.9. The lowest BCUT2D eigenvalue weighted by Gasteiger charge is -2.30. The minimum absolute atomic E-state index is 0.220. The Bertz CT molecular complexity index is 1000. The van der Waals surface area contributed by atoms with Crippen LogP contribution < -0.4 is 10.1 Å². The molecule has 3 rings (SSSR count).